The van der Waals surface area contributed by atoms with Gasteiger partial charge in [-0.05, 0) is 60.4 Å². The van der Waals surface area contributed by atoms with E-state index in [2.05, 4.69) is 20.7 Å². The van der Waals surface area contributed by atoms with Gasteiger partial charge >= 0.3 is 6.18 Å². The molecule has 7 nitrogen and oxygen atoms in total. The van der Waals surface area contributed by atoms with E-state index in [1.165, 1.54) is 37.5 Å². The topological polar surface area (TPSA) is 88.9 Å². The first-order chi connectivity index (χ1) is 22.2. The zero-order valence-electron chi connectivity index (χ0n) is 25.0. The van der Waals surface area contributed by atoms with E-state index in [4.69, 9.17) is 0 Å². The zero-order valence-corrected chi connectivity index (χ0v) is 25.0. The molecule has 250 valence electrons. The van der Waals surface area contributed by atoms with Gasteiger partial charge in [0, 0.05) is 24.9 Å². The summed E-state index contributed by atoms with van der Waals surface area (Å²) in [5.74, 6) is -4.44. The number of hydrogen-bond acceptors (Lipinski definition) is 4. The highest BCUT2D eigenvalue weighted by molar-refractivity contribution is 5.95. The van der Waals surface area contributed by atoms with Crippen LogP contribution in [0.15, 0.2) is 60.8 Å². The smallest absolute Gasteiger partial charge is 0.355 e. The maximum atomic E-state index is 14.5. The summed E-state index contributed by atoms with van der Waals surface area (Å²) in [4.78, 5) is 30.5. The fraction of sp³-hybridized carbons (Fsp3) is 0.312. The van der Waals surface area contributed by atoms with Gasteiger partial charge in [0.25, 0.3) is 12.3 Å². The minimum Gasteiger partial charge on any atom is -0.355 e. The molecule has 0 radical (unpaired) electrons. The van der Waals surface area contributed by atoms with Crippen molar-refractivity contribution in [2.45, 2.75) is 57.3 Å². The molecule has 0 aliphatic heterocycles. The predicted molar refractivity (Wildman–Crippen MR) is 155 cm³/mol. The number of amides is 2. The van der Waals surface area contributed by atoms with Crippen LogP contribution in [0.5, 0.6) is 0 Å². The van der Waals surface area contributed by atoms with Gasteiger partial charge in [-0.15, -0.1) is 0 Å². The number of carbonyl (C=O) groups is 2. The first kappa shape index (κ1) is 35.0. The number of hydrogen-bond donors (Lipinski definition) is 2. The lowest BCUT2D eigenvalue weighted by Crippen LogP contribution is -2.38. The van der Waals surface area contributed by atoms with Gasteiger partial charge in [-0.1, -0.05) is 31.9 Å². The highest BCUT2D eigenvalue weighted by Gasteiger charge is 2.38. The Morgan fingerprint density at radius 3 is 2.30 bits per heavy atom. The minimum absolute atomic E-state index is 0.0476. The molecular formula is C32H29F8N5O2. The molecule has 2 heterocycles. The average Bonchev–Trinajstić information content (AvgIpc) is 3.47. The zero-order chi connectivity index (χ0) is 34.5. The van der Waals surface area contributed by atoms with Gasteiger partial charge in [0.15, 0.2) is 5.69 Å². The predicted octanol–water partition coefficient (Wildman–Crippen LogP) is 7.51. The number of aromatic nitrogens is 3. The third kappa shape index (κ3) is 8.32. The van der Waals surface area contributed by atoms with E-state index in [1.54, 1.807) is 6.92 Å². The molecule has 0 bridgehead atoms. The molecule has 0 aliphatic carbocycles. The van der Waals surface area contributed by atoms with Gasteiger partial charge in [0.05, 0.1) is 17.3 Å². The number of nitrogens with zero attached hydrogens (tertiary/aromatic N) is 3. The van der Waals surface area contributed by atoms with Gasteiger partial charge in [-0.2, -0.15) is 18.3 Å². The molecule has 4 rings (SSSR count). The van der Waals surface area contributed by atoms with Gasteiger partial charge in [0.2, 0.25) is 5.91 Å². The van der Waals surface area contributed by atoms with Crippen LogP contribution in [0, 0.1) is 17.5 Å². The molecular weight excluding hydrogens is 638 g/mol. The summed E-state index contributed by atoms with van der Waals surface area (Å²) in [6.07, 6.45) is -6.94. The Labute approximate surface area is 264 Å². The Balaban J connectivity index is 1.84. The number of alkyl halides is 5. The third-order valence-corrected chi connectivity index (χ3v) is 7.30. The second-order valence-corrected chi connectivity index (χ2v) is 10.6. The summed E-state index contributed by atoms with van der Waals surface area (Å²) in [5.41, 5.74) is -2.40. The summed E-state index contributed by atoms with van der Waals surface area (Å²) >= 11 is 0. The average molecular weight is 668 g/mol. The van der Waals surface area contributed by atoms with Crippen molar-refractivity contribution in [3.8, 4) is 11.1 Å². The van der Waals surface area contributed by atoms with E-state index in [9.17, 15) is 44.7 Å². The Hall–Kier alpha value is -4.82. The summed E-state index contributed by atoms with van der Waals surface area (Å²) in [6.45, 7) is 1.73. The van der Waals surface area contributed by atoms with E-state index in [1.807, 2.05) is 0 Å². The molecule has 47 heavy (non-hydrogen) atoms. The van der Waals surface area contributed by atoms with Gasteiger partial charge in [-0.3, -0.25) is 19.3 Å². The normalized spacial score (nSPS) is 13.0. The fourth-order valence-corrected chi connectivity index (χ4v) is 5.11. The molecule has 0 saturated carbocycles. The van der Waals surface area contributed by atoms with Crippen molar-refractivity contribution in [1.82, 2.24) is 25.4 Å². The lowest BCUT2D eigenvalue weighted by atomic mass is 9.94. The van der Waals surface area contributed by atoms with Crippen LogP contribution in [0.1, 0.15) is 77.7 Å². The van der Waals surface area contributed by atoms with Crippen LogP contribution in [0.4, 0.5) is 35.1 Å². The Morgan fingerprint density at radius 1 is 0.979 bits per heavy atom. The van der Waals surface area contributed by atoms with Crippen LogP contribution >= 0.6 is 0 Å². The molecule has 2 aromatic heterocycles. The van der Waals surface area contributed by atoms with Gasteiger partial charge in [0.1, 0.15) is 29.2 Å². The maximum Gasteiger partial charge on any atom is 0.435 e. The molecule has 0 saturated heterocycles. The van der Waals surface area contributed by atoms with E-state index in [0.29, 0.717) is 17.2 Å². The second-order valence-electron chi connectivity index (χ2n) is 10.6. The van der Waals surface area contributed by atoms with E-state index in [0.717, 1.165) is 18.2 Å². The van der Waals surface area contributed by atoms with Crippen molar-refractivity contribution in [2.24, 2.45) is 0 Å². The van der Waals surface area contributed by atoms with Crippen LogP contribution in [-0.4, -0.2) is 33.6 Å². The van der Waals surface area contributed by atoms with Crippen molar-refractivity contribution in [3.63, 3.8) is 0 Å². The van der Waals surface area contributed by atoms with Crippen LogP contribution in [0.25, 0.3) is 11.1 Å². The number of unbranched alkanes of at least 4 members (excludes halogenated alkanes) is 1. The monoisotopic (exact) mass is 667 g/mol. The lowest BCUT2D eigenvalue weighted by molar-refractivity contribution is -0.142. The van der Waals surface area contributed by atoms with Crippen molar-refractivity contribution < 1.29 is 44.7 Å². The Morgan fingerprint density at radius 2 is 1.68 bits per heavy atom. The molecule has 0 spiro atoms. The summed E-state index contributed by atoms with van der Waals surface area (Å²) < 4.78 is 112. The highest BCUT2D eigenvalue weighted by atomic mass is 19.4. The lowest BCUT2D eigenvalue weighted by Gasteiger charge is -2.25. The number of rotatable bonds is 12. The molecule has 2 aromatic carbocycles. The Kier molecular flexibility index (Phi) is 11.0. The van der Waals surface area contributed by atoms with Gasteiger partial charge < -0.3 is 10.6 Å². The van der Waals surface area contributed by atoms with Crippen molar-refractivity contribution in [2.75, 3.05) is 7.05 Å². The maximum absolute atomic E-state index is 14.5. The minimum atomic E-state index is -5.07. The molecule has 2 N–H and O–H groups in total. The van der Waals surface area contributed by atoms with Crippen LogP contribution in [0.3, 0.4) is 0 Å². The second kappa shape index (κ2) is 14.7. The number of nitrogens with one attached hydrogen (secondary N) is 2. The summed E-state index contributed by atoms with van der Waals surface area (Å²) in [7, 11) is 1.30. The molecule has 15 heteroatoms. The fourth-order valence-electron chi connectivity index (χ4n) is 5.11. The number of halogens is 8. The number of carbonyl (C=O) groups excluding carboxylic acids is 2. The van der Waals surface area contributed by atoms with Crippen LogP contribution in [0.2, 0.25) is 0 Å². The van der Waals surface area contributed by atoms with E-state index >= 15 is 0 Å². The highest BCUT2D eigenvalue weighted by Crippen LogP contribution is 2.35. The van der Waals surface area contributed by atoms with Crippen LogP contribution < -0.4 is 10.6 Å². The molecule has 0 aliphatic rings. The third-order valence-electron chi connectivity index (χ3n) is 7.30. The standard InChI is InChI=1S/C32H29F8N5O2/c1-3-4-7-25(45-26(29(36)37)16-27(44-45)32(38,39)40)31(47)43-24(13-17-11-19(33)15-20(34)12-17)28-21(6-5-10-42-28)18-8-9-23(35)22(14-18)30(46)41-2/h5-6,8-12,14-16,24-25,29H,3-4,7,13H2,1-2H3,(H,41,46)(H,43,47)/t24-,25-/m0/s1. The first-order valence-electron chi connectivity index (χ1n) is 14.4. The van der Waals surface area contributed by atoms with Crippen molar-refractivity contribution >= 4 is 11.8 Å². The molecule has 2 amide bonds. The van der Waals surface area contributed by atoms with E-state index < -0.39 is 65.3 Å². The molecule has 0 fully saturated rings. The quantitative estimate of drug-likeness (QED) is 0.153. The number of benzene rings is 2. The molecule has 2 atom stereocenters. The van der Waals surface area contributed by atoms with Gasteiger partial charge in [-0.25, -0.2) is 22.0 Å². The van der Waals surface area contributed by atoms with Crippen LogP contribution in [-0.2, 0) is 17.4 Å². The number of pyridine rings is 1. The largest absolute Gasteiger partial charge is 0.435 e. The molecule has 4 aromatic rings. The Bertz CT molecular complexity index is 1720. The molecule has 0 unspecified atom stereocenters. The summed E-state index contributed by atoms with van der Waals surface area (Å²) in [5, 5.41) is 8.28. The van der Waals surface area contributed by atoms with E-state index in [-0.39, 0.29) is 53.3 Å². The summed E-state index contributed by atoms with van der Waals surface area (Å²) in [6, 6.07) is 6.55. The first-order valence-corrected chi connectivity index (χ1v) is 14.4. The van der Waals surface area contributed by atoms with Crippen molar-refractivity contribution in [3.05, 3.63) is 106 Å². The van der Waals surface area contributed by atoms with Crippen molar-refractivity contribution in [1.29, 1.82) is 0 Å². The SMILES string of the molecule is CCCC[C@@H](C(=O)N[C@@H](Cc1cc(F)cc(F)c1)c1ncccc1-c1ccc(F)c(C(=O)NC)c1)n1nc(C(F)(F)F)cc1C(F)F.